The lowest BCUT2D eigenvalue weighted by atomic mass is 10.1. The standard InChI is InChI=1S/C12H16ClN3OS/c1-3-4-16-12(10(13)6-14-16)11(17)5-9-7-18-8(2)15-9/h6-7,11,17H,3-5H2,1-2H3. The molecule has 0 bridgehead atoms. The van der Waals surface area contributed by atoms with Gasteiger partial charge >= 0.3 is 0 Å². The Morgan fingerprint density at radius 1 is 1.56 bits per heavy atom. The maximum Gasteiger partial charge on any atom is 0.103 e. The van der Waals surface area contributed by atoms with Gasteiger partial charge in [0.05, 0.1) is 27.6 Å². The largest absolute Gasteiger partial charge is 0.386 e. The zero-order valence-corrected chi connectivity index (χ0v) is 12.0. The van der Waals surface area contributed by atoms with E-state index in [-0.39, 0.29) is 0 Å². The third-order valence-corrected chi connectivity index (χ3v) is 3.77. The summed E-state index contributed by atoms with van der Waals surface area (Å²) in [6.07, 6.45) is 2.35. The van der Waals surface area contributed by atoms with E-state index in [0.29, 0.717) is 17.1 Å². The van der Waals surface area contributed by atoms with E-state index in [1.54, 1.807) is 22.2 Å². The van der Waals surface area contributed by atoms with Gasteiger partial charge in [0.15, 0.2) is 0 Å². The molecule has 18 heavy (non-hydrogen) atoms. The van der Waals surface area contributed by atoms with Gasteiger partial charge in [-0.05, 0) is 13.3 Å². The first-order chi connectivity index (χ1) is 8.61. The molecule has 4 nitrogen and oxygen atoms in total. The molecular weight excluding hydrogens is 270 g/mol. The maximum atomic E-state index is 10.3. The first-order valence-corrected chi connectivity index (χ1v) is 7.17. The van der Waals surface area contributed by atoms with Crippen LogP contribution in [0.5, 0.6) is 0 Å². The van der Waals surface area contributed by atoms with Crippen LogP contribution in [0.4, 0.5) is 0 Å². The number of aliphatic hydroxyl groups excluding tert-OH is 1. The Balaban J connectivity index is 2.17. The Kier molecular flexibility index (Phi) is 4.37. The van der Waals surface area contributed by atoms with Crippen LogP contribution in [-0.2, 0) is 13.0 Å². The summed E-state index contributed by atoms with van der Waals surface area (Å²) in [6.45, 7) is 4.78. The quantitative estimate of drug-likeness (QED) is 0.919. The molecule has 0 saturated carbocycles. The van der Waals surface area contributed by atoms with E-state index in [4.69, 9.17) is 11.6 Å². The average molecular weight is 286 g/mol. The SMILES string of the molecule is CCCn1ncc(Cl)c1C(O)Cc1csc(C)n1. The molecule has 0 aliphatic rings. The number of aliphatic hydroxyl groups is 1. The first kappa shape index (κ1) is 13.5. The molecule has 6 heteroatoms. The highest BCUT2D eigenvalue weighted by Crippen LogP contribution is 2.26. The summed E-state index contributed by atoms with van der Waals surface area (Å²) in [6, 6.07) is 0. The van der Waals surface area contributed by atoms with Gasteiger partial charge < -0.3 is 5.11 Å². The fraction of sp³-hybridized carbons (Fsp3) is 0.500. The molecule has 0 aromatic carbocycles. The third kappa shape index (κ3) is 2.91. The monoisotopic (exact) mass is 285 g/mol. The zero-order valence-electron chi connectivity index (χ0n) is 10.4. The van der Waals surface area contributed by atoms with Crippen molar-refractivity contribution in [2.24, 2.45) is 0 Å². The summed E-state index contributed by atoms with van der Waals surface area (Å²) in [5, 5.41) is 17.9. The van der Waals surface area contributed by atoms with Crippen molar-refractivity contribution >= 4 is 22.9 Å². The fourth-order valence-electron chi connectivity index (χ4n) is 1.89. The Labute approximate surface area is 115 Å². The van der Waals surface area contributed by atoms with E-state index in [1.807, 2.05) is 12.3 Å². The number of hydrogen-bond donors (Lipinski definition) is 1. The van der Waals surface area contributed by atoms with Gasteiger partial charge in [0, 0.05) is 18.3 Å². The fourth-order valence-corrected chi connectivity index (χ4v) is 2.78. The van der Waals surface area contributed by atoms with E-state index < -0.39 is 6.10 Å². The topological polar surface area (TPSA) is 50.9 Å². The molecule has 0 aliphatic heterocycles. The van der Waals surface area contributed by atoms with Gasteiger partial charge in [-0.3, -0.25) is 4.68 Å². The molecule has 0 aliphatic carbocycles. The number of halogens is 1. The lowest BCUT2D eigenvalue weighted by Crippen LogP contribution is -2.11. The van der Waals surface area contributed by atoms with Crippen LogP contribution in [0.25, 0.3) is 0 Å². The highest BCUT2D eigenvalue weighted by Gasteiger charge is 2.19. The predicted octanol–water partition coefficient (Wildman–Crippen LogP) is 2.99. The smallest absolute Gasteiger partial charge is 0.103 e. The minimum Gasteiger partial charge on any atom is -0.386 e. The normalized spacial score (nSPS) is 12.9. The minimum absolute atomic E-state index is 0.472. The van der Waals surface area contributed by atoms with Gasteiger partial charge in [-0.25, -0.2) is 4.98 Å². The van der Waals surface area contributed by atoms with Gasteiger partial charge in [0.25, 0.3) is 0 Å². The van der Waals surface area contributed by atoms with Crippen molar-refractivity contribution in [3.8, 4) is 0 Å². The van der Waals surface area contributed by atoms with Crippen LogP contribution < -0.4 is 0 Å². The van der Waals surface area contributed by atoms with Crippen molar-refractivity contribution in [1.82, 2.24) is 14.8 Å². The average Bonchev–Trinajstić information content (AvgIpc) is 2.86. The summed E-state index contributed by atoms with van der Waals surface area (Å²) >= 11 is 7.67. The third-order valence-electron chi connectivity index (χ3n) is 2.65. The molecule has 2 aromatic heterocycles. The van der Waals surface area contributed by atoms with Gasteiger partial charge in [0.1, 0.15) is 6.10 Å². The molecular formula is C12H16ClN3OS. The van der Waals surface area contributed by atoms with Crippen LogP contribution in [0.1, 0.15) is 35.8 Å². The van der Waals surface area contributed by atoms with Crippen LogP contribution in [-0.4, -0.2) is 19.9 Å². The highest BCUT2D eigenvalue weighted by molar-refractivity contribution is 7.09. The number of thiazole rings is 1. The summed E-state index contributed by atoms with van der Waals surface area (Å²) in [5.74, 6) is 0. The van der Waals surface area contributed by atoms with Gasteiger partial charge in [0.2, 0.25) is 0 Å². The summed E-state index contributed by atoms with van der Waals surface area (Å²) in [7, 11) is 0. The number of aryl methyl sites for hydroxylation is 2. The van der Waals surface area contributed by atoms with Crippen molar-refractivity contribution < 1.29 is 5.11 Å². The van der Waals surface area contributed by atoms with Crippen molar-refractivity contribution in [1.29, 1.82) is 0 Å². The Bertz CT molecular complexity index is 523. The highest BCUT2D eigenvalue weighted by atomic mass is 35.5. The minimum atomic E-state index is -0.659. The number of rotatable bonds is 5. The van der Waals surface area contributed by atoms with E-state index >= 15 is 0 Å². The zero-order chi connectivity index (χ0) is 13.1. The second-order valence-electron chi connectivity index (χ2n) is 4.18. The molecule has 1 N–H and O–H groups in total. The number of aromatic nitrogens is 3. The predicted molar refractivity (Wildman–Crippen MR) is 73.0 cm³/mol. The Morgan fingerprint density at radius 3 is 2.94 bits per heavy atom. The second-order valence-corrected chi connectivity index (χ2v) is 5.65. The Hall–Kier alpha value is -0.910. The van der Waals surface area contributed by atoms with Crippen LogP contribution in [0.15, 0.2) is 11.6 Å². The van der Waals surface area contributed by atoms with Crippen molar-refractivity contribution in [3.63, 3.8) is 0 Å². The van der Waals surface area contributed by atoms with Crippen LogP contribution in [0.3, 0.4) is 0 Å². The molecule has 2 heterocycles. The first-order valence-electron chi connectivity index (χ1n) is 5.92. The molecule has 2 aromatic rings. The molecule has 1 unspecified atom stereocenters. The molecule has 0 fully saturated rings. The van der Waals surface area contributed by atoms with Crippen LogP contribution in [0, 0.1) is 6.92 Å². The van der Waals surface area contributed by atoms with Crippen molar-refractivity contribution in [2.75, 3.05) is 0 Å². The summed E-state index contributed by atoms with van der Waals surface area (Å²) in [5.41, 5.74) is 1.58. The molecule has 0 spiro atoms. The lowest BCUT2D eigenvalue weighted by Gasteiger charge is -2.12. The van der Waals surface area contributed by atoms with E-state index in [0.717, 1.165) is 23.7 Å². The lowest BCUT2D eigenvalue weighted by molar-refractivity contribution is 0.165. The van der Waals surface area contributed by atoms with E-state index in [2.05, 4.69) is 17.0 Å². The second kappa shape index (κ2) is 5.82. The van der Waals surface area contributed by atoms with Gasteiger partial charge in [-0.15, -0.1) is 11.3 Å². The molecule has 0 saturated heterocycles. The number of nitrogens with zero attached hydrogens (tertiary/aromatic N) is 3. The molecule has 0 amide bonds. The molecule has 2 rings (SSSR count). The van der Waals surface area contributed by atoms with E-state index in [9.17, 15) is 5.11 Å². The molecule has 98 valence electrons. The molecule has 0 radical (unpaired) electrons. The van der Waals surface area contributed by atoms with Gasteiger partial charge in [-0.2, -0.15) is 5.10 Å². The van der Waals surface area contributed by atoms with Gasteiger partial charge in [-0.1, -0.05) is 18.5 Å². The van der Waals surface area contributed by atoms with Crippen molar-refractivity contribution in [3.05, 3.63) is 33.0 Å². The van der Waals surface area contributed by atoms with E-state index in [1.165, 1.54) is 0 Å². The van der Waals surface area contributed by atoms with Crippen molar-refractivity contribution in [2.45, 2.75) is 39.3 Å². The van der Waals surface area contributed by atoms with Crippen LogP contribution in [0.2, 0.25) is 5.02 Å². The Morgan fingerprint density at radius 2 is 2.33 bits per heavy atom. The van der Waals surface area contributed by atoms with Crippen LogP contribution >= 0.6 is 22.9 Å². The molecule has 1 atom stereocenters. The maximum absolute atomic E-state index is 10.3. The summed E-state index contributed by atoms with van der Waals surface area (Å²) < 4.78 is 1.77. The summed E-state index contributed by atoms with van der Waals surface area (Å²) in [4.78, 5) is 4.35. The number of hydrogen-bond acceptors (Lipinski definition) is 4.